The van der Waals surface area contributed by atoms with E-state index in [0.29, 0.717) is 22.3 Å². The van der Waals surface area contributed by atoms with Crippen molar-refractivity contribution in [2.24, 2.45) is 0 Å². The Morgan fingerprint density at radius 1 is 1.26 bits per heavy atom. The lowest BCUT2D eigenvalue weighted by atomic mass is 10.2. The van der Waals surface area contributed by atoms with Crippen LogP contribution in [0.2, 0.25) is 0 Å². The van der Waals surface area contributed by atoms with Gasteiger partial charge in [-0.3, -0.25) is 0 Å². The summed E-state index contributed by atoms with van der Waals surface area (Å²) in [6, 6.07) is 6.68. The van der Waals surface area contributed by atoms with Crippen LogP contribution >= 0.6 is 11.8 Å². The number of hydrogen-bond donors (Lipinski definition) is 1. The summed E-state index contributed by atoms with van der Waals surface area (Å²) in [5.41, 5.74) is 7.78. The minimum atomic E-state index is -0.220. The molecule has 1 aromatic carbocycles. The Morgan fingerprint density at radius 2 is 2.00 bits per heavy atom. The van der Waals surface area contributed by atoms with E-state index in [-0.39, 0.29) is 5.82 Å². The third-order valence-electron chi connectivity index (χ3n) is 2.84. The number of hydrogen-bond acceptors (Lipinski definition) is 4. The molecule has 19 heavy (non-hydrogen) atoms. The van der Waals surface area contributed by atoms with Gasteiger partial charge in [0.15, 0.2) is 0 Å². The van der Waals surface area contributed by atoms with Crippen molar-refractivity contribution in [3.63, 3.8) is 0 Å². The zero-order chi connectivity index (χ0) is 13.8. The van der Waals surface area contributed by atoms with E-state index >= 15 is 0 Å². The summed E-state index contributed by atoms with van der Waals surface area (Å²) in [5.74, 6) is 1.46. The number of thioether (sulfide) groups is 1. The molecule has 0 spiro atoms. The fourth-order valence-electron chi connectivity index (χ4n) is 1.88. The van der Waals surface area contributed by atoms with Gasteiger partial charge in [-0.2, -0.15) is 0 Å². The van der Waals surface area contributed by atoms with Crippen molar-refractivity contribution < 1.29 is 4.39 Å². The summed E-state index contributed by atoms with van der Waals surface area (Å²) >= 11 is 1.38. The highest BCUT2D eigenvalue weighted by molar-refractivity contribution is 7.98. The predicted molar refractivity (Wildman–Crippen MR) is 76.5 cm³/mol. The molecule has 0 aliphatic heterocycles. The maximum Gasteiger partial charge on any atom is 0.141 e. The van der Waals surface area contributed by atoms with Gasteiger partial charge in [-0.05, 0) is 25.5 Å². The van der Waals surface area contributed by atoms with E-state index in [0.717, 1.165) is 17.7 Å². The lowest BCUT2D eigenvalue weighted by Crippen LogP contribution is -2.06. The van der Waals surface area contributed by atoms with Crippen molar-refractivity contribution in [1.29, 1.82) is 0 Å². The quantitative estimate of drug-likeness (QED) is 0.871. The molecule has 1 heterocycles. The van der Waals surface area contributed by atoms with Crippen molar-refractivity contribution in [2.75, 3.05) is 5.73 Å². The van der Waals surface area contributed by atoms with Crippen molar-refractivity contribution in [3.8, 4) is 0 Å². The highest BCUT2D eigenvalue weighted by Crippen LogP contribution is 2.25. The Morgan fingerprint density at radius 3 is 2.63 bits per heavy atom. The number of nitrogens with zero attached hydrogens (tertiary/aromatic N) is 2. The number of anilines is 1. The Bertz CT molecular complexity index is 564. The van der Waals surface area contributed by atoms with Crippen LogP contribution < -0.4 is 5.73 Å². The molecule has 2 rings (SSSR count). The summed E-state index contributed by atoms with van der Waals surface area (Å²) < 4.78 is 13.5. The molecule has 0 aliphatic carbocycles. The Balaban J connectivity index is 2.15. The number of nitrogen functional groups attached to an aromatic ring is 1. The van der Waals surface area contributed by atoms with Crippen LogP contribution in [0.15, 0.2) is 29.2 Å². The van der Waals surface area contributed by atoms with Crippen LogP contribution in [0.5, 0.6) is 0 Å². The number of aromatic nitrogens is 2. The molecule has 0 aliphatic rings. The molecule has 0 bridgehead atoms. The van der Waals surface area contributed by atoms with Crippen molar-refractivity contribution in [2.45, 2.75) is 30.9 Å². The second-order valence-electron chi connectivity index (χ2n) is 4.16. The minimum absolute atomic E-state index is 0.220. The molecule has 2 aromatic rings. The second kappa shape index (κ2) is 6.02. The first kappa shape index (κ1) is 13.8. The van der Waals surface area contributed by atoms with Gasteiger partial charge in [-0.1, -0.05) is 19.1 Å². The monoisotopic (exact) mass is 277 g/mol. The highest BCUT2D eigenvalue weighted by atomic mass is 32.2. The summed E-state index contributed by atoms with van der Waals surface area (Å²) in [6.45, 7) is 3.95. The van der Waals surface area contributed by atoms with Gasteiger partial charge in [-0.25, -0.2) is 14.4 Å². The van der Waals surface area contributed by atoms with Gasteiger partial charge in [0.05, 0.1) is 5.75 Å². The van der Waals surface area contributed by atoms with Gasteiger partial charge in [-0.15, -0.1) is 11.8 Å². The molecule has 1 aromatic heterocycles. The average molecular weight is 277 g/mol. The first-order chi connectivity index (χ1) is 9.11. The average Bonchev–Trinajstić information content (AvgIpc) is 2.37. The van der Waals surface area contributed by atoms with Crippen LogP contribution in [-0.4, -0.2) is 9.97 Å². The van der Waals surface area contributed by atoms with Crippen LogP contribution in [0, 0.1) is 12.7 Å². The molecule has 2 N–H and O–H groups in total. The lowest BCUT2D eigenvalue weighted by molar-refractivity contribution is 0.602. The molecule has 3 nitrogen and oxygen atoms in total. The Hall–Kier alpha value is -1.62. The summed E-state index contributed by atoms with van der Waals surface area (Å²) in [6.07, 6.45) is 0.818. The van der Waals surface area contributed by atoms with E-state index in [1.165, 1.54) is 17.8 Å². The van der Waals surface area contributed by atoms with E-state index < -0.39 is 0 Å². The predicted octanol–water partition coefficient (Wildman–Crippen LogP) is 3.36. The fraction of sp³-hybridized carbons (Fsp3) is 0.286. The van der Waals surface area contributed by atoms with Gasteiger partial charge >= 0.3 is 0 Å². The van der Waals surface area contributed by atoms with Crippen LogP contribution in [0.1, 0.15) is 24.0 Å². The minimum Gasteiger partial charge on any atom is -0.383 e. The number of nitrogens with two attached hydrogens (primary N) is 1. The van der Waals surface area contributed by atoms with Gasteiger partial charge in [0, 0.05) is 16.2 Å². The molecule has 0 amide bonds. The lowest BCUT2D eigenvalue weighted by Gasteiger charge is -2.08. The first-order valence-electron chi connectivity index (χ1n) is 6.11. The third kappa shape index (κ3) is 3.23. The van der Waals surface area contributed by atoms with Gasteiger partial charge in [0.1, 0.15) is 17.5 Å². The van der Waals surface area contributed by atoms with Crippen molar-refractivity contribution in [3.05, 3.63) is 47.2 Å². The molecule has 0 saturated heterocycles. The van der Waals surface area contributed by atoms with E-state index in [1.54, 1.807) is 12.1 Å². The van der Waals surface area contributed by atoms with Crippen LogP contribution in [-0.2, 0) is 12.2 Å². The molecular weight excluding hydrogens is 261 g/mol. The zero-order valence-electron chi connectivity index (χ0n) is 11.0. The summed E-state index contributed by atoms with van der Waals surface area (Å²) in [4.78, 5) is 9.29. The first-order valence-corrected chi connectivity index (χ1v) is 7.09. The zero-order valence-corrected chi connectivity index (χ0v) is 11.8. The largest absolute Gasteiger partial charge is 0.383 e. The van der Waals surface area contributed by atoms with Crippen LogP contribution in [0.3, 0.4) is 0 Å². The van der Waals surface area contributed by atoms with E-state index in [9.17, 15) is 4.39 Å². The fourth-order valence-corrected chi connectivity index (χ4v) is 2.68. The van der Waals surface area contributed by atoms with Crippen LogP contribution in [0.25, 0.3) is 0 Å². The molecule has 0 unspecified atom stereocenters. The molecule has 5 heteroatoms. The SMILES string of the molecule is CCc1c(C)nc(CSc2ccccc2F)nc1N. The molecule has 0 saturated carbocycles. The van der Waals surface area contributed by atoms with Crippen molar-refractivity contribution in [1.82, 2.24) is 9.97 Å². The second-order valence-corrected chi connectivity index (χ2v) is 5.18. The maximum atomic E-state index is 13.5. The normalized spacial score (nSPS) is 10.7. The van der Waals surface area contributed by atoms with Crippen LogP contribution in [0.4, 0.5) is 10.2 Å². The Labute approximate surface area is 116 Å². The van der Waals surface area contributed by atoms with E-state index in [2.05, 4.69) is 9.97 Å². The number of halogens is 1. The van der Waals surface area contributed by atoms with Gasteiger partial charge in [0.2, 0.25) is 0 Å². The molecular formula is C14H16FN3S. The molecule has 0 radical (unpaired) electrons. The Kier molecular flexibility index (Phi) is 4.37. The topological polar surface area (TPSA) is 51.8 Å². The van der Waals surface area contributed by atoms with Gasteiger partial charge in [0.25, 0.3) is 0 Å². The standard InChI is InChI=1S/C14H16FN3S/c1-3-10-9(2)17-13(18-14(10)16)8-19-12-7-5-4-6-11(12)15/h4-7H,3,8H2,1-2H3,(H2,16,17,18). The summed E-state index contributed by atoms with van der Waals surface area (Å²) in [7, 11) is 0. The van der Waals surface area contributed by atoms with E-state index in [4.69, 9.17) is 5.73 Å². The van der Waals surface area contributed by atoms with Gasteiger partial charge < -0.3 is 5.73 Å². The smallest absolute Gasteiger partial charge is 0.141 e. The number of benzene rings is 1. The maximum absolute atomic E-state index is 13.5. The molecule has 100 valence electrons. The molecule has 0 fully saturated rings. The third-order valence-corrected chi connectivity index (χ3v) is 3.88. The van der Waals surface area contributed by atoms with E-state index in [1.807, 2.05) is 19.9 Å². The number of aryl methyl sites for hydroxylation is 1. The number of rotatable bonds is 4. The molecule has 0 atom stereocenters. The highest BCUT2D eigenvalue weighted by Gasteiger charge is 2.09. The summed E-state index contributed by atoms with van der Waals surface area (Å²) in [5, 5.41) is 0. The van der Waals surface area contributed by atoms with Crippen molar-refractivity contribution >= 4 is 17.6 Å².